The van der Waals surface area contributed by atoms with E-state index < -0.39 is 118 Å². The Morgan fingerprint density at radius 1 is 0.721 bits per heavy atom. The lowest BCUT2D eigenvalue weighted by molar-refractivity contribution is -0.385. The maximum atomic E-state index is 13.6. The van der Waals surface area contributed by atoms with Gasteiger partial charge in [-0.15, -0.1) is 0 Å². The van der Waals surface area contributed by atoms with Gasteiger partial charge < -0.3 is 37.0 Å². The summed E-state index contributed by atoms with van der Waals surface area (Å²) in [6, 6.07) is 1.39. The number of hydrogen-bond acceptors (Lipinski definition) is 18. The normalized spacial score (nSPS) is 15.7. The Morgan fingerprint density at radius 2 is 1.18 bits per heavy atom. The van der Waals surface area contributed by atoms with Crippen LogP contribution in [0.2, 0.25) is 0 Å². The number of benzene rings is 2. The average molecular weight is 923 g/mol. The Hall–Kier alpha value is -6.59. The standard InChI is InChI=1S/C31H28F6N4O18S2/c1-53-23-10-18(27(42)38-6-5-16(14-38)58-60(49,50)30(32,33)34)20(40(45)46)12-25(23)56-7-4-8-57-26-13-21(41(47)48)19(11-24(26)54-2)28(43)39-15-17(9-22(39)29(44)55-3)59-61(51,52)31(35,36)37/h10-15,22H,4-9H2,1-3H3. The minimum absolute atomic E-state index is 0.0829. The molecule has 0 bridgehead atoms. The molecule has 0 radical (unpaired) electrons. The van der Waals surface area contributed by atoms with Gasteiger partial charge in [-0.25, -0.2) is 4.79 Å². The second-order valence-corrected chi connectivity index (χ2v) is 15.0. The third-order valence-electron chi connectivity index (χ3n) is 8.10. The number of carbonyl (C=O) groups is 3. The molecule has 22 nitrogen and oxygen atoms in total. The van der Waals surface area contributed by atoms with Crippen molar-refractivity contribution >= 4 is 49.4 Å². The summed E-state index contributed by atoms with van der Waals surface area (Å²) in [6.45, 7) is -1.04. The Kier molecular flexibility index (Phi) is 13.9. The van der Waals surface area contributed by atoms with Crippen molar-refractivity contribution in [3.05, 3.63) is 79.5 Å². The van der Waals surface area contributed by atoms with Gasteiger partial charge in [0.05, 0.1) is 56.5 Å². The molecule has 1 atom stereocenters. The van der Waals surface area contributed by atoms with Crippen LogP contribution in [0.5, 0.6) is 23.0 Å². The van der Waals surface area contributed by atoms with E-state index in [4.69, 9.17) is 18.9 Å². The summed E-state index contributed by atoms with van der Waals surface area (Å²) in [6.07, 6.45) is -0.420. The number of ether oxygens (including phenoxy) is 5. The fourth-order valence-electron chi connectivity index (χ4n) is 5.31. The minimum Gasteiger partial charge on any atom is -0.493 e. The smallest absolute Gasteiger partial charge is 0.493 e. The van der Waals surface area contributed by atoms with E-state index in [9.17, 15) is 77.8 Å². The van der Waals surface area contributed by atoms with E-state index in [0.29, 0.717) is 22.2 Å². The summed E-state index contributed by atoms with van der Waals surface area (Å²) in [7, 11) is -9.30. The number of esters is 1. The number of nitro benzene ring substituents is 2. The van der Waals surface area contributed by atoms with Gasteiger partial charge in [0.1, 0.15) is 28.7 Å². The zero-order chi connectivity index (χ0) is 45.8. The molecule has 0 N–H and O–H groups in total. The lowest BCUT2D eigenvalue weighted by Gasteiger charge is -2.21. The number of nitrogens with zero attached hydrogens (tertiary/aromatic N) is 4. The lowest BCUT2D eigenvalue weighted by atomic mass is 10.1. The molecule has 0 aliphatic carbocycles. The molecule has 0 saturated carbocycles. The Labute approximate surface area is 338 Å². The third kappa shape index (κ3) is 10.4. The minimum atomic E-state index is -6.25. The first kappa shape index (κ1) is 47.1. The van der Waals surface area contributed by atoms with Gasteiger partial charge >= 0.3 is 37.2 Å². The van der Waals surface area contributed by atoms with Crippen molar-refractivity contribution in [2.75, 3.05) is 41.1 Å². The highest BCUT2D eigenvalue weighted by molar-refractivity contribution is 7.88. The maximum absolute atomic E-state index is 13.6. The maximum Gasteiger partial charge on any atom is 0.534 e. The van der Waals surface area contributed by atoms with Crippen LogP contribution >= 0.6 is 0 Å². The summed E-state index contributed by atoms with van der Waals surface area (Å²) >= 11 is 0. The van der Waals surface area contributed by atoms with E-state index in [1.807, 2.05) is 0 Å². The molecule has 2 aliphatic heterocycles. The van der Waals surface area contributed by atoms with E-state index in [1.54, 1.807) is 0 Å². The summed E-state index contributed by atoms with van der Waals surface area (Å²) in [5.41, 5.74) is -14.9. The van der Waals surface area contributed by atoms with Crippen LogP contribution in [0.3, 0.4) is 0 Å². The van der Waals surface area contributed by atoms with Gasteiger partial charge in [0, 0.05) is 50.3 Å². The number of halogens is 6. The number of carbonyl (C=O) groups excluding carboxylic acids is 3. The van der Waals surface area contributed by atoms with Gasteiger partial charge in [-0.2, -0.15) is 43.2 Å². The Balaban J connectivity index is 1.50. The SMILES string of the molecule is COC(=O)C1CC(OS(=O)(=O)C(F)(F)F)=CN1C(=O)c1cc(OC)c(OCCCOc2cc([N+](=O)[O-])c(C(=O)N3C=C(OS(=O)(=O)C(F)(F)F)CC3)cc2OC)cc1[N+](=O)[O-]. The second kappa shape index (κ2) is 17.9. The van der Waals surface area contributed by atoms with Crippen LogP contribution in [-0.4, -0.2) is 112 Å². The average Bonchev–Trinajstić information content (AvgIpc) is 3.82. The molecule has 4 rings (SSSR count). The zero-order valence-electron chi connectivity index (χ0n) is 31.0. The molecular formula is C31H28F6N4O18S2. The molecular weight excluding hydrogens is 894 g/mol. The molecule has 0 spiro atoms. The van der Waals surface area contributed by atoms with Gasteiger partial charge in [0.25, 0.3) is 23.2 Å². The predicted molar refractivity (Wildman–Crippen MR) is 185 cm³/mol. The molecule has 2 heterocycles. The van der Waals surface area contributed by atoms with Crippen LogP contribution in [0.1, 0.15) is 40.0 Å². The fraction of sp³-hybridized carbons (Fsp3) is 0.387. The summed E-state index contributed by atoms with van der Waals surface area (Å²) < 4.78 is 157. The summed E-state index contributed by atoms with van der Waals surface area (Å²) in [5, 5.41) is 24.0. The van der Waals surface area contributed by atoms with Crippen LogP contribution in [-0.2, 0) is 38.1 Å². The molecule has 61 heavy (non-hydrogen) atoms. The van der Waals surface area contributed by atoms with Crippen LogP contribution in [0, 0.1) is 20.2 Å². The molecule has 2 aromatic rings. The van der Waals surface area contributed by atoms with E-state index >= 15 is 0 Å². The molecule has 1 unspecified atom stereocenters. The highest BCUT2D eigenvalue weighted by Crippen LogP contribution is 2.39. The van der Waals surface area contributed by atoms with Gasteiger partial charge in [-0.1, -0.05) is 0 Å². The number of rotatable bonds is 17. The topological polar surface area (TPSA) is 277 Å². The van der Waals surface area contributed by atoms with Crippen molar-refractivity contribution in [2.24, 2.45) is 0 Å². The second-order valence-electron chi connectivity index (χ2n) is 12.0. The molecule has 2 amide bonds. The van der Waals surface area contributed by atoms with Gasteiger partial charge in [-0.3, -0.25) is 34.7 Å². The molecule has 0 saturated heterocycles. The molecule has 2 aromatic carbocycles. The summed E-state index contributed by atoms with van der Waals surface area (Å²) in [5.74, 6) is -6.77. The Morgan fingerprint density at radius 3 is 1.61 bits per heavy atom. The molecule has 0 fully saturated rings. The van der Waals surface area contributed by atoms with Crippen molar-refractivity contribution < 1.29 is 99.5 Å². The van der Waals surface area contributed by atoms with Gasteiger partial charge in [-0.05, 0) is 0 Å². The van der Waals surface area contributed by atoms with E-state index in [1.165, 1.54) is 0 Å². The predicted octanol–water partition coefficient (Wildman–Crippen LogP) is 4.02. The largest absolute Gasteiger partial charge is 0.534 e. The first-order valence-corrected chi connectivity index (χ1v) is 19.2. The molecule has 30 heteroatoms. The van der Waals surface area contributed by atoms with Crippen LogP contribution in [0.15, 0.2) is 48.2 Å². The third-order valence-corrected chi connectivity index (χ3v) is 10.1. The van der Waals surface area contributed by atoms with Crippen LogP contribution in [0.25, 0.3) is 0 Å². The van der Waals surface area contributed by atoms with Crippen LogP contribution < -0.4 is 18.9 Å². The highest BCUT2D eigenvalue weighted by Gasteiger charge is 2.51. The van der Waals surface area contributed by atoms with E-state index in [0.717, 1.165) is 45.6 Å². The van der Waals surface area contributed by atoms with E-state index in [-0.39, 0.29) is 42.6 Å². The number of methoxy groups -OCH3 is 3. The van der Waals surface area contributed by atoms with Crippen molar-refractivity contribution in [1.82, 2.24) is 9.80 Å². The van der Waals surface area contributed by atoms with Crippen molar-refractivity contribution in [1.29, 1.82) is 0 Å². The molecule has 334 valence electrons. The first-order valence-electron chi connectivity index (χ1n) is 16.4. The van der Waals surface area contributed by atoms with Gasteiger partial charge in [0.15, 0.2) is 23.0 Å². The fourth-order valence-corrected chi connectivity index (χ4v) is 6.30. The van der Waals surface area contributed by atoms with Crippen molar-refractivity contribution in [3.63, 3.8) is 0 Å². The van der Waals surface area contributed by atoms with Crippen molar-refractivity contribution in [2.45, 2.75) is 36.3 Å². The van der Waals surface area contributed by atoms with Gasteiger partial charge in [0.2, 0.25) is 0 Å². The van der Waals surface area contributed by atoms with Crippen molar-refractivity contribution in [3.8, 4) is 23.0 Å². The molecule has 0 aromatic heterocycles. The number of hydrogen-bond donors (Lipinski definition) is 0. The number of nitro groups is 2. The zero-order valence-corrected chi connectivity index (χ0v) is 32.6. The monoisotopic (exact) mass is 922 g/mol. The Bertz CT molecular complexity index is 2410. The first-order chi connectivity index (χ1) is 28.3. The van der Waals surface area contributed by atoms with E-state index in [2.05, 4.69) is 13.1 Å². The van der Waals surface area contributed by atoms with Crippen LogP contribution in [0.4, 0.5) is 37.7 Å². The summed E-state index contributed by atoms with van der Waals surface area (Å²) in [4.78, 5) is 62.1. The number of amides is 2. The molecule has 2 aliphatic rings. The highest BCUT2D eigenvalue weighted by atomic mass is 32.2. The quantitative estimate of drug-likeness (QED) is 0.0412. The number of alkyl halides is 6. The lowest BCUT2D eigenvalue weighted by Crippen LogP contribution is -2.39.